The third-order valence-corrected chi connectivity index (χ3v) is 3.93. The summed E-state index contributed by atoms with van der Waals surface area (Å²) >= 11 is 0. The first-order valence-corrected chi connectivity index (χ1v) is 7.05. The third kappa shape index (κ3) is 3.15. The van der Waals surface area contributed by atoms with E-state index in [0.717, 1.165) is 42.9 Å². The van der Waals surface area contributed by atoms with Gasteiger partial charge in [0.25, 0.3) is 0 Å². The number of nitrogens with zero attached hydrogens (tertiary/aromatic N) is 3. The molecule has 1 aromatic rings. The molecule has 2 rings (SSSR count). The van der Waals surface area contributed by atoms with Crippen LogP contribution in [0.2, 0.25) is 0 Å². The van der Waals surface area contributed by atoms with Gasteiger partial charge in [-0.15, -0.1) is 0 Å². The van der Waals surface area contributed by atoms with Crippen molar-refractivity contribution in [1.82, 2.24) is 14.7 Å². The lowest BCUT2D eigenvalue weighted by Gasteiger charge is -2.20. The van der Waals surface area contributed by atoms with Crippen LogP contribution in [0.1, 0.15) is 42.6 Å². The van der Waals surface area contributed by atoms with E-state index in [0.29, 0.717) is 0 Å². The average Bonchev–Trinajstić information content (AvgIpc) is 2.62. The minimum Gasteiger partial charge on any atom is -0.392 e. The third-order valence-electron chi connectivity index (χ3n) is 3.93. The van der Waals surface area contributed by atoms with Crippen LogP contribution in [0.3, 0.4) is 0 Å². The summed E-state index contributed by atoms with van der Waals surface area (Å²) in [5, 5.41) is 13.6. The molecule has 5 heteroatoms. The molecule has 0 spiro atoms. The molecule has 1 aromatic heterocycles. The number of rotatable bonds is 3. The van der Waals surface area contributed by atoms with Crippen molar-refractivity contribution in [3.8, 4) is 0 Å². The van der Waals surface area contributed by atoms with E-state index in [4.69, 9.17) is 0 Å². The van der Waals surface area contributed by atoms with Crippen molar-refractivity contribution < 1.29 is 9.90 Å². The van der Waals surface area contributed by atoms with Crippen LogP contribution in [-0.2, 0) is 17.9 Å². The summed E-state index contributed by atoms with van der Waals surface area (Å²) in [4.78, 5) is 14.2. The van der Waals surface area contributed by atoms with E-state index in [1.165, 1.54) is 12.8 Å². The summed E-state index contributed by atoms with van der Waals surface area (Å²) in [6.07, 6.45) is 4.65. The van der Waals surface area contributed by atoms with E-state index in [-0.39, 0.29) is 19.1 Å². The van der Waals surface area contributed by atoms with Gasteiger partial charge >= 0.3 is 0 Å². The Hall–Kier alpha value is -1.36. The maximum absolute atomic E-state index is 12.3. The van der Waals surface area contributed by atoms with Crippen molar-refractivity contribution in [3.05, 3.63) is 17.0 Å². The highest BCUT2D eigenvalue weighted by atomic mass is 16.3. The molecule has 0 aliphatic carbocycles. The first kappa shape index (κ1) is 14.1. The zero-order chi connectivity index (χ0) is 13.8. The largest absolute Gasteiger partial charge is 0.392 e. The molecule has 0 bridgehead atoms. The van der Waals surface area contributed by atoms with Gasteiger partial charge in [-0.05, 0) is 26.7 Å². The Balaban J connectivity index is 2.05. The van der Waals surface area contributed by atoms with Gasteiger partial charge in [0.15, 0.2) is 0 Å². The molecule has 1 N–H and O–H groups in total. The second-order valence-electron chi connectivity index (χ2n) is 5.26. The molecule has 0 atom stereocenters. The lowest BCUT2D eigenvalue weighted by Crippen LogP contribution is -2.35. The molecule has 1 saturated heterocycles. The second kappa shape index (κ2) is 6.19. The number of aryl methyl sites for hydroxylation is 1. The van der Waals surface area contributed by atoms with Gasteiger partial charge in [-0.1, -0.05) is 12.8 Å². The highest BCUT2D eigenvalue weighted by Gasteiger charge is 2.18. The van der Waals surface area contributed by atoms with Gasteiger partial charge in [-0.3, -0.25) is 9.48 Å². The van der Waals surface area contributed by atoms with E-state index in [1.54, 1.807) is 4.68 Å². The van der Waals surface area contributed by atoms with Gasteiger partial charge in [-0.25, -0.2) is 0 Å². The van der Waals surface area contributed by atoms with Crippen molar-refractivity contribution in [3.63, 3.8) is 0 Å². The second-order valence-corrected chi connectivity index (χ2v) is 5.26. The number of likely N-dealkylation sites (tertiary alicyclic amines) is 1. The topological polar surface area (TPSA) is 58.4 Å². The van der Waals surface area contributed by atoms with Crippen molar-refractivity contribution in [2.45, 2.75) is 52.7 Å². The first-order chi connectivity index (χ1) is 9.13. The van der Waals surface area contributed by atoms with Gasteiger partial charge < -0.3 is 10.0 Å². The van der Waals surface area contributed by atoms with Gasteiger partial charge in [0.1, 0.15) is 6.54 Å². The molecule has 0 saturated carbocycles. The van der Waals surface area contributed by atoms with E-state index in [2.05, 4.69) is 5.10 Å². The maximum atomic E-state index is 12.3. The molecule has 2 heterocycles. The van der Waals surface area contributed by atoms with Crippen molar-refractivity contribution in [2.75, 3.05) is 13.1 Å². The molecule has 1 aliphatic heterocycles. The number of aliphatic hydroxyl groups excluding tert-OH is 1. The van der Waals surface area contributed by atoms with E-state index in [1.807, 2.05) is 18.7 Å². The summed E-state index contributed by atoms with van der Waals surface area (Å²) in [5.41, 5.74) is 2.54. The summed E-state index contributed by atoms with van der Waals surface area (Å²) in [6.45, 7) is 5.77. The SMILES string of the molecule is Cc1nn(CC(=O)N2CCCCCC2)c(C)c1CO. The number of amides is 1. The molecular formula is C14H23N3O2. The molecule has 0 aromatic carbocycles. The minimum atomic E-state index is -0.0183. The quantitative estimate of drug-likeness (QED) is 0.898. The van der Waals surface area contributed by atoms with Crippen LogP contribution >= 0.6 is 0 Å². The number of carbonyl (C=O) groups is 1. The highest BCUT2D eigenvalue weighted by molar-refractivity contribution is 5.76. The number of hydrogen-bond acceptors (Lipinski definition) is 3. The molecule has 106 valence electrons. The molecular weight excluding hydrogens is 242 g/mol. The molecule has 1 aliphatic rings. The zero-order valence-electron chi connectivity index (χ0n) is 11.9. The minimum absolute atomic E-state index is 0.0183. The Morgan fingerprint density at radius 1 is 1.21 bits per heavy atom. The van der Waals surface area contributed by atoms with Crippen molar-refractivity contribution in [1.29, 1.82) is 0 Å². The Labute approximate surface area is 114 Å². The fourth-order valence-electron chi connectivity index (χ4n) is 2.66. The van der Waals surface area contributed by atoms with Crippen LogP contribution in [0, 0.1) is 13.8 Å². The predicted molar refractivity (Wildman–Crippen MR) is 72.7 cm³/mol. The zero-order valence-corrected chi connectivity index (χ0v) is 11.9. The van der Waals surface area contributed by atoms with Gasteiger partial charge in [0.2, 0.25) is 5.91 Å². The Kier molecular flexibility index (Phi) is 4.58. The monoisotopic (exact) mass is 265 g/mol. The molecule has 1 fully saturated rings. The first-order valence-electron chi connectivity index (χ1n) is 7.05. The number of hydrogen-bond donors (Lipinski definition) is 1. The van der Waals surface area contributed by atoms with Gasteiger partial charge in [0, 0.05) is 24.3 Å². The number of carbonyl (C=O) groups excluding carboxylic acids is 1. The number of aromatic nitrogens is 2. The molecule has 19 heavy (non-hydrogen) atoms. The van der Waals surface area contributed by atoms with Crippen molar-refractivity contribution in [2.24, 2.45) is 0 Å². The standard InChI is InChI=1S/C14H23N3O2/c1-11-13(10-18)12(2)17(15-11)9-14(19)16-7-5-3-4-6-8-16/h18H,3-10H2,1-2H3. The average molecular weight is 265 g/mol. The van der Waals surface area contributed by atoms with Gasteiger partial charge in [0.05, 0.1) is 12.3 Å². The lowest BCUT2D eigenvalue weighted by atomic mass is 10.2. The Morgan fingerprint density at radius 3 is 2.37 bits per heavy atom. The fourth-order valence-corrected chi connectivity index (χ4v) is 2.66. The fraction of sp³-hybridized carbons (Fsp3) is 0.714. The summed E-state index contributed by atoms with van der Waals surface area (Å²) in [6, 6.07) is 0. The molecule has 0 unspecified atom stereocenters. The molecule has 1 amide bonds. The van der Waals surface area contributed by atoms with E-state index < -0.39 is 0 Å². The Morgan fingerprint density at radius 2 is 1.84 bits per heavy atom. The smallest absolute Gasteiger partial charge is 0.244 e. The van der Waals surface area contributed by atoms with E-state index in [9.17, 15) is 9.90 Å². The maximum Gasteiger partial charge on any atom is 0.244 e. The van der Waals surface area contributed by atoms with Crippen molar-refractivity contribution >= 4 is 5.91 Å². The summed E-state index contributed by atoms with van der Waals surface area (Å²) in [5.74, 6) is 0.136. The molecule has 5 nitrogen and oxygen atoms in total. The normalized spacial score (nSPS) is 16.5. The number of aliphatic hydroxyl groups is 1. The lowest BCUT2D eigenvalue weighted by molar-refractivity contribution is -0.132. The predicted octanol–water partition coefficient (Wildman–Crippen LogP) is 1.39. The van der Waals surface area contributed by atoms with Crippen LogP contribution in [0.25, 0.3) is 0 Å². The highest BCUT2D eigenvalue weighted by Crippen LogP contribution is 2.14. The van der Waals surface area contributed by atoms with Crippen LogP contribution in [0.4, 0.5) is 0 Å². The van der Waals surface area contributed by atoms with Crippen LogP contribution in [0.5, 0.6) is 0 Å². The molecule has 0 radical (unpaired) electrons. The van der Waals surface area contributed by atoms with E-state index >= 15 is 0 Å². The summed E-state index contributed by atoms with van der Waals surface area (Å²) < 4.78 is 1.72. The van der Waals surface area contributed by atoms with Gasteiger partial charge in [-0.2, -0.15) is 5.10 Å². The van der Waals surface area contributed by atoms with Crippen LogP contribution < -0.4 is 0 Å². The van der Waals surface area contributed by atoms with Crippen LogP contribution in [-0.4, -0.2) is 38.8 Å². The summed E-state index contributed by atoms with van der Waals surface area (Å²) in [7, 11) is 0. The Bertz CT molecular complexity index is 446. The van der Waals surface area contributed by atoms with Crippen LogP contribution in [0.15, 0.2) is 0 Å².